The minimum Gasteiger partial charge on any atom is -0.392 e. The maximum atomic E-state index is 12.2. The molecule has 1 heterocycles. The van der Waals surface area contributed by atoms with E-state index in [0.29, 0.717) is 25.2 Å². The summed E-state index contributed by atoms with van der Waals surface area (Å²) in [5.74, 6) is -0.768. The molecule has 0 spiro atoms. The maximum absolute atomic E-state index is 12.2. The van der Waals surface area contributed by atoms with Gasteiger partial charge in [0, 0.05) is 24.2 Å². The topological polar surface area (TPSA) is 83.5 Å². The number of aliphatic hydroxyl groups is 1. The zero-order valence-electron chi connectivity index (χ0n) is 12.1. The minimum atomic E-state index is -0.781. The lowest BCUT2D eigenvalue weighted by atomic mass is 9.72. The quantitative estimate of drug-likeness (QED) is 0.757. The van der Waals surface area contributed by atoms with Gasteiger partial charge >= 0.3 is 0 Å². The van der Waals surface area contributed by atoms with E-state index in [0.717, 1.165) is 6.42 Å². The first kappa shape index (κ1) is 15.2. The summed E-state index contributed by atoms with van der Waals surface area (Å²) in [5.41, 5.74) is 0. The average molecular weight is 281 g/mol. The van der Waals surface area contributed by atoms with Gasteiger partial charge in [-0.25, -0.2) is 0 Å². The molecule has 112 valence electrons. The Bertz CT molecular complexity index is 420. The number of imide groups is 1. The van der Waals surface area contributed by atoms with Gasteiger partial charge in [-0.15, -0.1) is 0 Å². The lowest BCUT2D eigenvalue weighted by molar-refractivity contribution is -0.140. The first-order valence-corrected chi connectivity index (χ1v) is 7.44. The Balaban J connectivity index is 1.97. The summed E-state index contributed by atoms with van der Waals surface area (Å²) in [5, 5.41) is 12.6. The van der Waals surface area contributed by atoms with Crippen LogP contribution in [0.25, 0.3) is 0 Å². The summed E-state index contributed by atoms with van der Waals surface area (Å²) in [7, 11) is 0. The van der Waals surface area contributed by atoms with Gasteiger partial charge in [0.2, 0.25) is 11.8 Å². The summed E-state index contributed by atoms with van der Waals surface area (Å²) >= 11 is 0. The highest BCUT2D eigenvalue weighted by atomic mass is 16.3. The SMILES string of the molecule is CC1CC(C)C(=O)C([C@H](O)CC2CCC(=O)NC2=O)C1. The number of piperidine rings is 1. The zero-order valence-corrected chi connectivity index (χ0v) is 12.1. The zero-order chi connectivity index (χ0) is 14.9. The Hall–Kier alpha value is -1.23. The molecule has 5 heteroatoms. The van der Waals surface area contributed by atoms with Crippen LogP contribution in [0, 0.1) is 23.7 Å². The fourth-order valence-electron chi connectivity index (χ4n) is 3.50. The van der Waals surface area contributed by atoms with Gasteiger partial charge in [-0.1, -0.05) is 13.8 Å². The van der Waals surface area contributed by atoms with Crippen LogP contribution in [0.4, 0.5) is 0 Å². The van der Waals surface area contributed by atoms with Gasteiger partial charge in [0.15, 0.2) is 0 Å². The fraction of sp³-hybridized carbons (Fsp3) is 0.800. The molecule has 1 saturated carbocycles. The molecule has 5 atom stereocenters. The second-order valence-electron chi connectivity index (χ2n) is 6.44. The second kappa shape index (κ2) is 6.04. The van der Waals surface area contributed by atoms with Gasteiger partial charge in [-0.3, -0.25) is 19.7 Å². The monoisotopic (exact) mass is 281 g/mol. The van der Waals surface area contributed by atoms with E-state index in [1.807, 2.05) is 6.92 Å². The predicted octanol–water partition coefficient (Wildman–Crippen LogP) is 1.04. The van der Waals surface area contributed by atoms with Crippen LogP contribution in [-0.2, 0) is 14.4 Å². The molecular weight excluding hydrogens is 258 g/mol. The summed E-state index contributed by atoms with van der Waals surface area (Å²) in [6.07, 6.45) is 1.84. The predicted molar refractivity (Wildman–Crippen MR) is 72.6 cm³/mol. The van der Waals surface area contributed by atoms with E-state index < -0.39 is 6.10 Å². The highest BCUT2D eigenvalue weighted by Gasteiger charge is 2.38. The summed E-state index contributed by atoms with van der Waals surface area (Å²) < 4.78 is 0. The van der Waals surface area contributed by atoms with Crippen LogP contribution in [0.2, 0.25) is 0 Å². The molecule has 2 N–H and O–H groups in total. The number of hydrogen-bond donors (Lipinski definition) is 2. The van der Waals surface area contributed by atoms with Crippen LogP contribution in [0.5, 0.6) is 0 Å². The second-order valence-corrected chi connectivity index (χ2v) is 6.44. The number of ketones is 1. The number of amides is 2. The van der Waals surface area contributed by atoms with Gasteiger partial charge in [0.25, 0.3) is 0 Å². The molecule has 1 saturated heterocycles. The molecule has 2 amide bonds. The number of hydrogen-bond acceptors (Lipinski definition) is 4. The van der Waals surface area contributed by atoms with Crippen molar-refractivity contribution in [1.29, 1.82) is 0 Å². The highest BCUT2D eigenvalue weighted by molar-refractivity contribution is 5.98. The number of nitrogens with one attached hydrogen (secondary N) is 1. The Morgan fingerprint density at radius 2 is 1.95 bits per heavy atom. The third-order valence-electron chi connectivity index (χ3n) is 4.61. The average Bonchev–Trinajstić information content (AvgIpc) is 2.37. The van der Waals surface area contributed by atoms with E-state index in [1.54, 1.807) is 0 Å². The van der Waals surface area contributed by atoms with Crippen molar-refractivity contribution < 1.29 is 19.5 Å². The van der Waals surface area contributed by atoms with E-state index in [1.165, 1.54) is 0 Å². The fourth-order valence-corrected chi connectivity index (χ4v) is 3.50. The Morgan fingerprint density at radius 1 is 1.25 bits per heavy atom. The number of rotatable bonds is 3. The van der Waals surface area contributed by atoms with Crippen LogP contribution in [0.1, 0.15) is 46.0 Å². The van der Waals surface area contributed by atoms with Crippen LogP contribution in [0.15, 0.2) is 0 Å². The maximum Gasteiger partial charge on any atom is 0.229 e. The summed E-state index contributed by atoms with van der Waals surface area (Å²) in [6.45, 7) is 4.00. The third-order valence-corrected chi connectivity index (χ3v) is 4.61. The van der Waals surface area contributed by atoms with Crippen molar-refractivity contribution >= 4 is 17.6 Å². The Morgan fingerprint density at radius 3 is 2.60 bits per heavy atom. The lowest BCUT2D eigenvalue weighted by Crippen LogP contribution is -2.44. The van der Waals surface area contributed by atoms with E-state index in [2.05, 4.69) is 12.2 Å². The largest absolute Gasteiger partial charge is 0.392 e. The molecule has 0 aromatic heterocycles. The van der Waals surface area contributed by atoms with Crippen LogP contribution in [0.3, 0.4) is 0 Å². The van der Waals surface area contributed by atoms with Crippen molar-refractivity contribution in [3.63, 3.8) is 0 Å². The number of carbonyl (C=O) groups excluding carboxylic acids is 3. The molecule has 2 rings (SSSR count). The van der Waals surface area contributed by atoms with E-state index in [4.69, 9.17) is 0 Å². The molecule has 0 bridgehead atoms. The van der Waals surface area contributed by atoms with Crippen molar-refractivity contribution in [3.8, 4) is 0 Å². The van der Waals surface area contributed by atoms with Crippen LogP contribution < -0.4 is 5.32 Å². The van der Waals surface area contributed by atoms with Crippen LogP contribution in [-0.4, -0.2) is 28.8 Å². The first-order chi connectivity index (χ1) is 9.38. The normalized spacial score (nSPS) is 36.6. The van der Waals surface area contributed by atoms with Gasteiger partial charge in [-0.2, -0.15) is 0 Å². The molecule has 2 fully saturated rings. The molecule has 0 aromatic rings. The van der Waals surface area contributed by atoms with Crippen LogP contribution >= 0.6 is 0 Å². The number of aliphatic hydroxyl groups excluding tert-OH is 1. The van der Waals surface area contributed by atoms with Crippen molar-refractivity contribution in [2.45, 2.75) is 52.1 Å². The lowest BCUT2D eigenvalue weighted by Gasteiger charge is -2.34. The summed E-state index contributed by atoms with van der Waals surface area (Å²) in [6, 6.07) is 0. The van der Waals surface area contributed by atoms with Crippen molar-refractivity contribution in [2.24, 2.45) is 23.7 Å². The standard InChI is InChI=1S/C15H23NO4/c1-8-5-9(2)14(19)11(6-8)12(17)7-10-3-4-13(18)16-15(10)20/h8-12,17H,3-7H2,1-2H3,(H,16,18,20)/t8?,9?,10?,11?,12-/m1/s1. The van der Waals surface area contributed by atoms with Gasteiger partial charge in [0.1, 0.15) is 5.78 Å². The first-order valence-electron chi connectivity index (χ1n) is 7.44. The molecule has 1 aliphatic heterocycles. The van der Waals surface area contributed by atoms with Crippen molar-refractivity contribution in [2.75, 3.05) is 0 Å². The smallest absolute Gasteiger partial charge is 0.229 e. The molecule has 1 aliphatic carbocycles. The van der Waals surface area contributed by atoms with E-state index >= 15 is 0 Å². The Kier molecular flexibility index (Phi) is 4.58. The number of carbonyl (C=O) groups is 3. The molecule has 2 aliphatic rings. The molecule has 0 aromatic carbocycles. The van der Waals surface area contributed by atoms with Gasteiger partial charge < -0.3 is 5.11 Å². The van der Waals surface area contributed by atoms with Crippen molar-refractivity contribution in [1.82, 2.24) is 5.32 Å². The van der Waals surface area contributed by atoms with E-state index in [9.17, 15) is 19.5 Å². The molecule has 20 heavy (non-hydrogen) atoms. The highest BCUT2D eigenvalue weighted by Crippen LogP contribution is 2.34. The third kappa shape index (κ3) is 3.26. The molecule has 5 nitrogen and oxygen atoms in total. The number of Topliss-reactive ketones (excluding diaryl/α,β-unsaturated/α-hetero) is 1. The van der Waals surface area contributed by atoms with Gasteiger partial charge in [-0.05, 0) is 31.6 Å². The molecule has 0 radical (unpaired) electrons. The van der Waals surface area contributed by atoms with E-state index in [-0.39, 0.29) is 41.8 Å². The summed E-state index contributed by atoms with van der Waals surface area (Å²) in [4.78, 5) is 35.0. The minimum absolute atomic E-state index is 0.0137. The molecule has 4 unspecified atom stereocenters. The van der Waals surface area contributed by atoms with Crippen molar-refractivity contribution in [3.05, 3.63) is 0 Å². The Labute approximate surface area is 119 Å². The molecular formula is C15H23NO4. The van der Waals surface area contributed by atoms with Gasteiger partial charge in [0.05, 0.1) is 6.10 Å².